The molecule has 0 saturated heterocycles. The normalized spacial score (nSPS) is 37.0. The number of nitrogens with one attached hydrogen (secondary N) is 1. The second-order valence-electron chi connectivity index (χ2n) is 5.17. The Labute approximate surface area is 88.6 Å². The Morgan fingerprint density at radius 1 is 1.33 bits per heavy atom. The molecular weight excluding hydrogens is 191 g/mol. The summed E-state index contributed by atoms with van der Waals surface area (Å²) in [6.07, 6.45) is 2.95. The average Bonchev–Trinajstić information content (AvgIpc) is 2.06. The van der Waals surface area contributed by atoms with E-state index in [0.717, 1.165) is 30.4 Å². The number of benzene rings is 1. The summed E-state index contributed by atoms with van der Waals surface area (Å²) in [5, 5.41) is 0. The molecule has 0 aliphatic heterocycles. The lowest BCUT2D eigenvalue weighted by Crippen LogP contribution is -2.77. The summed E-state index contributed by atoms with van der Waals surface area (Å²) in [6, 6.07) is 5.32. The molecule has 1 aromatic rings. The van der Waals surface area contributed by atoms with Gasteiger partial charge >= 0.3 is 0 Å². The lowest BCUT2D eigenvalue weighted by Gasteiger charge is -2.70. The Balaban J connectivity index is 1.97. The van der Waals surface area contributed by atoms with Gasteiger partial charge in [0.25, 0.3) is 0 Å². The van der Waals surface area contributed by atoms with Crippen LogP contribution in [0.5, 0.6) is 0 Å². The smallest absolute Gasteiger partial charge is 0.127 e. The molecule has 3 aliphatic carbocycles. The van der Waals surface area contributed by atoms with Crippen LogP contribution in [0.4, 0.5) is 4.39 Å². The van der Waals surface area contributed by atoms with Crippen molar-refractivity contribution in [2.75, 3.05) is 0 Å². The maximum atomic E-state index is 13.8. The molecule has 0 radical (unpaired) electrons. The molecule has 0 spiro atoms. The van der Waals surface area contributed by atoms with Gasteiger partial charge in [-0.3, -0.25) is 11.3 Å². The number of rotatable bonds is 2. The first-order valence-electron chi connectivity index (χ1n) is 5.34. The van der Waals surface area contributed by atoms with E-state index in [1.165, 1.54) is 0 Å². The third kappa shape index (κ3) is 0.998. The van der Waals surface area contributed by atoms with Gasteiger partial charge in [0.05, 0.1) is 0 Å². The molecule has 0 unspecified atom stereocenters. The van der Waals surface area contributed by atoms with E-state index >= 15 is 0 Å². The topological polar surface area (TPSA) is 38.0 Å². The molecule has 3 saturated carbocycles. The zero-order valence-corrected chi connectivity index (χ0v) is 8.81. The van der Waals surface area contributed by atoms with Crippen LogP contribution < -0.4 is 11.3 Å². The van der Waals surface area contributed by atoms with E-state index in [9.17, 15) is 4.39 Å². The molecule has 0 atom stereocenters. The fourth-order valence-corrected chi connectivity index (χ4v) is 3.51. The Bertz CT molecular complexity index is 388. The highest BCUT2D eigenvalue weighted by atomic mass is 19.1. The summed E-state index contributed by atoms with van der Waals surface area (Å²) in [6.45, 7) is 1.99. The van der Waals surface area contributed by atoms with Gasteiger partial charge in [0.15, 0.2) is 0 Å². The number of hydrogen-bond acceptors (Lipinski definition) is 2. The van der Waals surface area contributed by atoms with Crippen LogP contribution in [0.2, 0.25) is 0 Å². The van der Waals surface area contributed by atoms with Crippen molar-refractivity contribution in [2.45, 2.75) is 37.1 Å². The highest BCUT2D eigenvalue weighted by Gasteiger charge is 2.69. The van der Waals surface area contributed by atoms with Crippen molar-refractivity contribution in [3.05, 3.63) is 35.1 Å². The number of hydrogen-bond donors (Lipinski definition) is 2. The third-order valence-corrected chi connectivity index (χ3v) is 4.09. The van der Waals surface area contributed by atoms with E-state index in [2.05, 4.69) is 5.43 Å². The van der Waals surface area contributed by atoms with E-state index in [-0.39, 0.29) is 16.8 Å². The monoisotopic (exact) mass is 206 g/mol. The fraction of sp³-hybridized carbons (Fsp3) is 0.500. The molecule has 80 valence electrons. The van der Waals surface area contributed by atoms with Gasteiger partial charge in [-0.15, -0.1) is 0 Å². The predicted octanol–water partition coefficient (Wildman–Crippen LogP) is 1.77. The first-order valence-corrected chi connectivity index (χ1v) is 5.34. The highest BCUT2D eigenvalue weighted by Crippen LogP contribution is 2.68. The number of nitrogens with two attached hydrogens (primary N) is 1. The summed E-state index contributed by atoms with van der Waals surface area (Å²) < 4.78 is 13.8. The quantitative estimate of drug-likeness (QED) is 0.571. The van der Waals surface area contributed by atoms with Crippen molar-refractivity contribution in [3.63, 3.8) is 0 Å². The van der Waals surface area contributed by atoms with Crippen LogP contribution in [0.3, 0.4) is 0 Å². The van der Waals surface area contributed by atoms with Crippen molar-refractivity contribution >= 4 is 0 Å². The molecule has 15 heavy (non-hydrogen) atoms. The molecule has 3 heteroatoms. The Morgan fingerprint density at radius 3 is 2.53 bits per heavy atom. The van der Waals surface area contributed by atoms with Gasteiger partial charge in [0.2, 0.25) is 0 Å². The van der Waals surface area contributed by atoms with Crippen molar-refractivity contribution < 1.29 is 4.39 Å². The highest BCUT2D eigenvalue weighted by molar-refractivity contribution is 5.46. The molecular formula is C12H15FN2. The Kier molecular flexibility index (Phi) is 1.61. The Morgan fingerprint density at radius 2 is 2.00 bits per heavy atom. The summed E-state index contributed by atoms with van der Waals surface area (Å²) in [7, 11) is 0. The van der Waals surface area contributed by atoms with Crippen LogP contribution >= 0.6 is 0 Å². The molecule has 3 aliphatic rings. The van der Waals surface area contributed by atoms with Crippen LogP contribution in [-0.4, -0.2) is 5.54 Å². The largest absolute Gasteiger partial charge is 0.271 e. The average molecular weight is 206 g/mol. The van der Waals surface area contributed by atoms with Crippen LogP contribution in [-0.2, 0) is 5.41 Å². The molecule has 0 amide bonds. The standard InChI is InChI=1S/C12H15FN2/c1-8-3-2-4-9(13)10(8)11-5-12(6-11,7-11)15-14/h2-4,15H,5-7,14H2,1H3. The van der Waals surface area contributed by atoms with Crippen molar-refractivity contribution in [1.82, 2.24) is 5.43 Å². The summed E-state index contributed by atoms with van der Waals surface area (Å²) >= 11 is 0. The fourth-order valence-electron chi connectivity index (χ4n) is 3.51. The van der Waals surface area contributed by atoms with E-state index in [1.54, 1.807) is 12.1 Å². The third-order valence-electron chi connectivity index (χ3n) is 4.09. The summed E-state index contributed by atoms with van der Waals surface area (Å²) in [4.78, 5) is 0. The van der Waals surface area contributed by atoms with Crippen molar-refractivity contribution in [3.8, 4) is 0 Å². The van der Waals surface area contributed by atoms with Crippen molar-refractivity contribution in [1.29, 1.82) is 0 Å². The van der Waals surface area contributed by atoms with Crippen molar-refractivity contribution in [2.24, 2.45) is 5.84 Å². The van der Waals surface area contributed by atoms with E-state index in [0.29, 0.717) is 0 Å². The summed E-state index contributed by atoms with van der Waals surface area (Å²) in [5.41, 5.74) is 5.05. The zero-order valence-electron chi connectivity index (χ0n) is 8.81. The first-order chi connectivity index (χ1) is 7.11. The van der Waals surface area contributed by atoms with Gasteiger partial charge in [-0.05, 0) is 43.4 Å². The van der Waals surface area contributed by atoms with E-state index in [1.807, 2.05) is 13.0 Å². The molecule has 3 N–H and O–H groups in total. The van der Waals surface area contributed by atoms with E-state index < -0.39 is 0 Å². The predicted molar refractivity (Wildman–Crippen MR) is 56.7 cm³/mol. The van der Waals surface area contributed by atoms with E-state index in [4.69, 9.17) is 5.84 Å². The zero-order chi connectivity index (χ0) is 10.7. The SMILES string of the molecule is Cc1cccc(F)c1C12CC(NN)(C1)C2. The van der Waals surface area contributed by atoms with Crippen LogP contribution in [0.1, 0.15) is 30.4 Å². The molecule has 3 fully saturated rings. The second-order valence-corrected chi connectivity index (χ2v) is 5.17. The van der Waals surface area contributed by atoms with Gasteiger partial charge in [0, 0.05) is 11.0 Å². The molecule has 0 aromatic heterocycles. The van der Waals surface area contributed by atoms with Gasteiger partial charge in [0.1, 0.15) is 5.82 Å². The van der Waals surface area contributed by atoms with Crippen LogP contribution in [0.15, 0.2) is 18.2 Å². The molecule has 0 heterocycles. The molecule has 1 aromatic carbocycles. The molecule has 2 nitrogen and oxygen atoms in total. The minimum atomic E-state index is -0.0553. The van der Waals surface area contributed by atoms with Gasteiger partial charge in [-0.2, -0.15) is 0 Å². The molecule has 2 bridgehead atoms. The maximum Gasteiger partial charge on any atom is 0.127 e. The Hall–Kier alpha value is -0.930. The minimum Gasteiger partial charge on any atom is -0.271 e. The minimum absolute atomic E-state index is 0.0553. The van der Waals surface area contributed by atoms with Crippen LogP contribution in [0, 0.1) is 12.7 Å². The molecule has 4 rings (SSSR count). The maximum absolute atomic E-state index is 13.8. The number of halogens is 1. The first kappa shape index (κ1) is 9.31. The van der Waals surface area contributed by atoms with Gasteiger partial charge < -0.3 is 0 Å². The van der Waals surface area contributed by atoms with Crippen LogP contribution in [0.25, 0.3) is 0 Å². The lowest BCUT2D eigenvalue weighted by molar-refractivity contribution is -0.0905. The summed E-state index contributed by atoms with van der Waals surface area (Å²) in [5.74, 6) is 5.42. The lowest BCUT2D eigenvalue weighted by atomic mass is 9.37. The van der Waals surface area contributed by atoms with Gasteiger partial charge in [-0.1, -0.05) is 12.1 Å². The number of hydrazine groups is 1. The second kappa shape index (κ2) is 2.60. The number of aryl methyl sites for hydroxylation is 1. The van der Waals surface area contributed by atoms with Gasteiger partial charge in [-0.25, -0.2) is 4.39 Å².